The van der Waals surface area contributed by atoms with E-state index in [1.807, 2.05) is 0 Å². The number of hydrogen-bond donors (Lipinski definition) is 2. The molecule has 15 heavy (non-hydrogen) atoms. The fourth-order valence-electron chi connectivity index (χ4n) is 1.98. The van der Waals surface area contributed by atoms with Gasteiger partial charge in [-0.2, -0.15) is 0 Å². The van der Waals surface area contributed by atoms with E-state index in [1.165, 1.54) is 7.05 Å². The summed E-state index contributed by atoms with van der Waals surface area (Å²) in [5, 5.41) is 18.6. The SMILES string of the molecule is CN(CC(=O)O)C(=O)C1(O)CCCCC1. The Balaban J connectivity index is 2.61. The van der Waals surface area contributed by atoms with Crippen LogP contribution in [0.3, 0.4) is 0 Å². The van der Waals surface area contributed by atoms with Gasteiger partial charge in [0, 0.05) is 7.05 Å². The van der Waals surface area contributed by atoms with Crippen LogP contribution in [-0.2, 0) is 9.59 Å². The van der Waals surface area contributed by atoms with Gasteiger partial charge in [-0.15, -0.1) is 0 Å². The Bertz CT molecular complexity index is 258. The van der Waals surface area contributed by atoms with Crippen LogP contribution < -0.4 is 0 Å². The molecule has 1 aliphatic carbocycles. The quantitative estimate of drug-likeness (QED) is 0.706. The first kappa shape index (κ1) is 12.0. The van der Waals surface area contributed by atoms with Gasteiger partial charge in [-0.25, -0.2) is 0 Å². The van der Waals surface area contributed by atoms with Gasteiger partial charge in [0.1, 0.15) is 12.1 Å². The zero-order valence-corrected chi connectivity index (χ0v) is 8.90. The summed E-state index contributed by atoms with van der Waals surface area (Å²) in [4.78, 5) is 23.3. The summed E-state index contributed by atoms with van der Waals surface area (Å²) in [6, 6.07) is 0. The number of rotatable bonds is 3. The topological polar surface area (TPSA) is 77.8 Å². The van der Waals surface area contributed by atoms with Crippen LogP contribution in [0.4, 0.5) is 0 Å². The predicted octanol–water partition coefficient (Wildman–Crippen LogP) is 0.225. The van der Waals surface area contributed by atoms with Gasteiger partial charge in [-0.1, -0.05) is 19.3 Å². The van der Waals surface area contributed by atoms with Crippen molar-refractivity contribution in [2.45, 2.75) is 37.7 Å². The first-order valence-corrected chi connectivity index (χ1v) is 5.15. The van der Waals surface area contributed by atoms with Gasteiger partial charge in [-0.3, -0.25) is 9.59 Å². The third-order valence-electron chi connectivity index (χ3n) is 2.80. The van der Waals surface area contributed by atoms with Crippen molar-refractivity contribution in [1.82, 2.24) is 4.90 Å². The Hall–Kier alpha value is -1.10. The number of aliphatic hydroxyl groups is 1. The van der Waals surface area contributed by atoms with Gasteiger partial charge in [0.25, 0.3) is 5.91 Å². The largest absolute Gasteiger partial charge is 0.480 e. The number of carboxylic acids is 1. The predicted molar refractivity (Wildman–Crippen MR) is 53.3 cm³/mol. The van der Waals surface area contributed by atoms with Gasteiger partial charge < -0.3 is 15.1 Å². The second kappa shape index (κ2) is 4.61. The molecule has 5 nitrogen and oxygen atoms in total. The Kier molecular flexibility index (Phi) is 3.68. The molecule has 1 aliphatic rings. The minimum atomic E-state index is -1.33. The van der Waals surface area contributed by atoms with Crippen molar-refractivity contribution >= 4 is 11.9 Å². The van der Waals surface area contributed by atoms with E-state index in [1.54, 1.807) is 0 Å². The molecule has 1 amide bonds. The van der Waals surface area contributed by atoms with Crippen molar-refractivity contribution in [3.05, 3.63) is 0 Å². The maximum atomic E-state index is 11.8. The second-order valence-corrected chi connectivity index (χ2v) is 4.15. The molecule has 0 heterocycles. The first-order chi connectivity index (χ1) is 6.96. The molecular weight excluding hydrogens is 198 g/mol. The summed E-state index contributed by atoms with van der Waals surface area (Å²) in [6.07, 6.45) is 3.55. The van der Waals surface area contributed by atoms with Crippen LogP contribution in [0.2, 0.25) is 0 Å². The van der Waals surface area contributed by atoms with Gasteiger partial charge in [0.05, 0.1) is 0 Å². The highest BCUT2D eigenvalue weighted by Crippen LogP contribution is 2.29. The standard InChI is InChI=1S/C10H17NO4/c1-11(7-8(12)13)9(14)10(15)5-3-2-4-6-10/h15H,2-7H2,1H3,(H,12,13). The third kappa shape index (κ3) is 2.92. The number of amides is 1. The number of likely N-dealkylation sites (N-methyl/N-ethyl adjacent to an activating group) is 1. The number of carbonyl (C=O) groups is 2. The zero-order valence-electron chi connectivity index (χ0n) is 8.90. The summed E-state index contributed by atoms with van der Waals surface area (Å²) in [7, 11) is 1.41. The summed E-state index contributed by atoms with van der Waals surface area (Å²) < 4.78 is 0. The Labute approximate surface area is 88.7 Å². The van der Waals surface area contributed by atoms with Gasteiger partial charge >= 0.3 is 5.97 Å². The molecule has 0 aliphatic heterocycles. The minimum absolute atomic E-state index is 0.360. The van der Waals surface area contributed by atoms with E-state index in [0.29, 0.717) is 12.8 Å². The molecule has 0 bridgehead atoms. The molecular formula is C10H17NO4. The molecule has 86 valence electrons. The fourth-order valence-corrected chi connectivity index (χ4v) is 1.98. The van der Waals surface area contributed by atoms with E-state index < -0.39 is 17.5 Å². The van der Waals surface area contributed by atoms with E-state index in [9.17, 15) is 14.7 Å². The number of hydrogen-bond acceptors (Lipinski definition) is 3. The van der Waals surface area contributed by atoms with E-state index in [0.717, 1.165) is 24.2 Å². The Morgan fingerprint density at radius 3 is 2.27 bits per heavy atom. The fraction of sp³-hybridized carbons (Fsp3) is 0.800. The molecule has 0 spiro atoms. The number of nitrogens with zero attached hydrogens (tertiary/aromatic N) is 1. The normalized spacial score (nSPS) is 19.6. The molecule has 5 heteroatoms. The lowest BCUT2D eigenvalue weighted by molar-refractivity contribution is -0.157. The average Bonchev–Trinajstić information content (AvgIpc) is 2.16. The van der Waals surface area contributed by atoms with E-state index in [-0.39, 0.29) is 6.54 Å². The van der Waals surface area contributed by atoms with Crippen molar-refractivity contribution in [2.75, 3.05) is 13.6 Å². The highest BCUT2D eigenvalue weighted by molar-refractivity contribution is 5.87. The van der Waals surface area contributed by atoms with Crippen molar-refractivity contribution in [3.8, 4) is 0 Å². The molecule has 1 saturated carbocycles. The lowest BCUT2D eigenvalue weighted by atomic mass is 9.84. The molecule has 0 aromatic carbocycles. The minimum Gasteiger partial charge on any atom is -0.480 e. The van der Waals surface area contributed by atoms with Crippen LogP contribution in [0.1, 0.15) is 32.1 Å². The van der Waals surface area contributed by atoms with Crippen LogP contribution in [0.15, 0.2) is 0 Å². The average molecular weight is 215 g/mol. The van der Waals surface area contributed by atoms with E-state index in [2.05, 4.69) is 0 Å². The Morgan fingerprint density at radius 2 is 1.80 bits per heavy atom. The molecule has 1 rings (SSSR count). The molecule has 0 aromatic heterocycles. The Morgan fingerprint density at radius 1 is 1.27 bits per heavy atom. The van der Waals surface area contributed by atoms with Crippen LogP contribution in [0.25, 0.3) is 0 Å². The summed E-state index contributed by atoms with van der Waals surface area (Å²) in [5.74, 6) is -1.53. The van der Waals surface area contributed by atoms with E-state index >= 15 is 0 Å². The lowest BCUT2D eigenvalue weighted by Gasteiger charge is -2.33. The summed E-state index contributed by atoms with van der Waals surface area (Å²) >= 11 is 0. The van der Waals surface area contributed by atoms with E-state index in [4.69, 9.17) is 5.11 Å². The van der Waals surface area contributed by atoms with Crippen LogP contribution in [0.5, 0.6) is 0 Å². The summed E-state index contributed by atoms with van der Waals surface area (Å²) in [5.41, 5.74) is -1.33. The molecule has 0 atom stereocenters. The molecule has 1 fully saturated rings. The third-order valence-corrected chi connectivity index (χ3v) is 2.80. The van der Waals surface area contributed by atoms with Crippen molar-refractivity contribution in [1.29, 1.82) is 0 Å². The van der Waals surface area contributed by atoms with Crippen LogP contribution >= 0.6 is 0 Å². The van der Waals surface area contributed by atoms with Crippen LogP contribution in [-0.4, -0.2) is 46.2 Å². The second-order valence-electron chi connectivity index (χ2n) is 4.15. The van der Waals surface area contributed by atoms with Gasteiger partial charge in [0.15, 0.2) is 0 Å². The molecule has 0 unspecified atom stereocenters. The molecule has 0 radical (unpaired) electrons. The van der Waals surface area contributed by atoms with Crippen molar-refractivity contribution in [3.63, 3.8) is 0 Å². The molecule has 0 aromatic rings. The molecule has 2 N–H and O–H groups in total. The van der Waals surface area contributed by atoms with Crippen molar-refractivity contribution in [2.24, 2.45) is 0 Å². The van der Waals surface area contributed by atoms with Gasteiger partial charge in [0.2, 0.25) is 0 Å². The maximum Gasteiger partial charge on any atom is 0.323 e. The monoisotopic (exact) mass is 215 g/mol. The number of carboxylic acid groups (broad SMARTS) is 1. The maximum absolute atomic E-state index is 11.8. The summed E-state index contributed by atoms with van der Waals surface area (Å²) in [6.45, 7) is -0.360. The molecule has 0 saturated heterocycles. The first-order valence-electron chi connectivity index (χ1n) is 5.15. The van der Waals surface area contributed by atoms with Crippen molar-refractivity contribution < 1.29 is 19.8 Å². The van der Waals surface area contributed by atoms with Crippen LogP contribution in [0, 0.1) is 0 Å². The lowest BCUT2D eigenvalue weighted by Crippen LogP contribution is -2.49. The zero-order chi connectivity index (χ0) is 11.5. The van der Waals surface area contributed by atoms with Gasteiger partial charge in [-0.05, 0) is 12.8 Å². The highest BCUT2D eigenvalue weighted by Gasteiger charge is 2.39. The number of aliphatic carboxylic acids is 1. The highest BCUT2D eigenvalue weighted by atomic mass is 16.4. The smallest absolute Gasteiger partial charge is 0.323 e. The number of carbonyl (C=O) groups excluding carboxylic acids is 1.